The fourth-order valence-electron chi connectivity index (χ4n) is 2.15. The molecule has 0 bridgehead atoms. The Morgan fingerprint density at radius 3 is 2.52 bits per heavy atom. The summed E-state index contributed by atoms with van der Waals surface area (Å²) in [4.78, 5) is 20.2. The zero-order valence-corrected chi connectivity index (χ0v) is 14.1. The summed E-state index contributed by atoms with van der Waals surface area (Å²) < 4.78 is 5.29. The maximum atomic E-state index is 11.8. The summed E-state index contributed by atoms with van der Waals surface area (Å²) in [6.07, 6.45) is 4.22. The maximum Gasteiger partial charge on any atom is 0.319 e. The van der Waals surface area contributed by atoms with Crippen LogP contribution in [0, 0.1) is 0 Å². The van der Waals surface area contributed by atoms with Crippen LogP contribution in [0.15, 0.2) is 53.3 Å². The number of nitrogens with zero attached hydrogens (tertiary/aromatic N) is 3. The molecule has 0 fully saturated rings. The third kappa shape index (κ3) is 4.20. The van der Waals surface area contributed by atoms with Crippen LogP contribution in [0.5, 0.6) is 0 Å². The molecule has 2 N–H and O–H groups in total. The van der Waals surface area contributed by atoms with Crippen LogP contribution in [0.25, 0.3) is 22.8 Å². The SMILES string of the molecule is CCC(C)NC(=O)Nc1ccc(-c2noc(-c3ccncc3)n2)cc1. The van der Waals surface area contributed by atoms with Crippen LogP contribution in [-0.2, 0) is 0 Å². The smallest absolute Gasteiger partial charge is 0.319 e. The highest BCUT2D eigenvalue weighted by atomic mass is 16.5. The zero-order valence-electron chi connectivity index (χ0n) is 14.1. The number of hydrogen-bond acceptors (Lipinski definition) is 5. The molecule has 0 radical (unpaired) electrons. The number of hydrogen-bond donors (Lipinski definition) is 2. The summed E-state index contributed by atoms with van der Waals surface area (Å²) >= 11 is 0. The Morgan fingerprint density at radius 1 is 1.12 bits per heavy atom. The van der Waals surface area contributed by atoms with Crippen molar-refractivity contribution in [2.24, 2.45) is 0 Å². The Kier molecular flexibility index (Phi) is 5.03. The van der Waals surface area contributed by atoms with Gasteiger partial charge >= 0.3 is 6.03 Å². The molecule has 2 aromatic heterocycles. The number of anilines is 1. The number of amides is 2. The average molecular weight is 337 g/mol. The number of carbonyl (C=O) groups excluding carboxylic acids is 1. The zero-order chi connectivity index (χ0) is 17.6. The first-order chi connectivity index (χ1) is 12.2. The van der Waals surface area contributed by atoms with Gasteiger partial charge in [0.1, 0.15) is 0 Å². The normalized spacial score (nSPS) is 11.8. The van der Waals surface area contributed by atoms with Gasteiger partial charge in [-0.3, -0.25) is 4.98 Å². The van der Waals surface area contributed by atoms with Crippen LogP contribution in [0.1, 0.15) is 20.3 Å². The van der Waals surface area contributed by atoms with E-state index in [4.69, 9.17) is 4.52 Å². The Morgan fingerprint density at radius 2 is 1.84 bits per heavy atom. The molecule has 1 aromatic carbocycles. The fourth-order valence-corrected chi connectivity index (χ4v) is 2.15. The molecule has 0 saturated carbocycles. The van der Waals surface area contributed by atoms with Crippen LogP contribution < -0.4 is 10.6 Å². The van der Waals surface area contributed by atoms with E-state index in [1.54, 1.807) is 36.7 Å². The van der Waals surface area contributed by atoms with Gasteiger partial charge in [-0.1, -0.05) is 12.1 Å². The second-order valence-corrected chi connectivity index (χ2v) is 5.64. The van der Waals surface area contributed by atoms with E-state index in [9.17, 15) is 4.79 Å². The number of urea groups is 1. The number of pyridine rings is 1. The lowest BCUT2D eigenvalue weighted by molar-refractivity contribution is 0.249. The molecule has 1 unspecified atom stereocenters. The van der Waals surface area contributed by atoms with E-state index >= 15 is 0 Å². The highest BCUT2D eigenvalue weighted by Crippen LogP contribution is 2.22. The van der Waals surface area contributed by atoms with E-state index in [1.807, 2.05) is 26.0 Å². The molecule has 0 spiro atoms. The molecule has 1 atom stereocenters. The van der Waals surface area contributed by atoms with E-state index < -0.39 is 0 Å². The Labute approximate surface area is 145 Å². The molecular weight excluding hydrogens is 318 g/mol. The molecule has 128 valence electrons. The lowest BCUT2D eigenvalue weighted by atomic mass is 10.2. The van der Waals surface area contributed by atoms with Gasteiger partial charge in [0.05, 0.1) is 0 Å². The van der Waals surface area contributed by atoms with E-state index in [0.29, 0.717) is 17.4 Å². The Hall–Kier alpha value is -3.22. The molecule has 3 rings (SSSR count). The van der Waals surface area contributed by atoms with Crippen molar-refractivity contribution >= 4 is 11.7 Å². The molecule has 7 heteroatoms. The van der Waals surface area contributed by atoms with E-state index in [-0.39, 0.29) is 12.1 Å². The van der Waals surface area contributed by atoms with E-state index in [1.165, 1.54) is 0 Å². The molecule has 25 heavy (non-hydrogen) atoms. The molecule has 0 aliphatic heterocycles. The average Bonchev–Trinajstić information content (AvgIpc) is 3.13. The minimum atomic E-state index is -0.221. The first-order valence-electron chi connectivity index (χ1n) is 8.07. The molecular formula is C18H19N5O2. The van der Waals surface area contributed by atoms with Crippen LogP contribution in [-0.4, -0.2) is 27.2 Å². The van der Waals surface area contributed by atoms with Gasteiger partial charge in [0, 0.05) is 35.2 Å². The van der Waals surface area contributed by atoms with Gasteiger partial charge in [0.2, 0.25) is 5.82 Å². The van der Waals surface area contributed by atoms with E-state index in [2.05, 4.69) is 25.8 Å². The first kappa shape index (κ1) is 16.6. The van der Waals surface area contributed by atoms with Crippen molar-refractivity contribution in [1.29, 1.82) is 0 Å². The quantitative estimate of drug-likeness (QED) is 0.740. The molecule has 0 saturated heterocycles. The summed E-state index contributed by atoms with van der Waals surface area (Å²) in [7, 11) is 0. The molecule has 2 amide bonds. The van der Waals surface area contributed by atoms with Gasteiger partial charge in [0.15, 0.2) is 0 Å². The third-order valence-electron chi connectivity index (χ3n) is 3.74. The number of benzene rings is 1. The monoisotopic (exact) mass is 337 g/mol. The first-order valence-corrected chi connectivity index (χ1v) is 8.07. The van der Waals surface area contributed by atoms with Gasteiger partial charge in [0.25, 0.3) is 5.89 Å². The standard InChI is InChI=1S/C18H19N5O2/c1-3-12(2)20-18(24)21-15-6-4-13(5-7-15)16-22-17(25-23-16)14-8-10-19-11-9-14/h4-12H,3H2,1-2H3,(H2,20,21,24). The van der Waals surface area contributed by atoms with Gasteiger partial charge in [-0.2, -0.15) is 4.98 Å². The molecule has 2 heterocycles. The third-order valence-corrected chi connectivity index (χ3v) is 3.74. The minimum Gasteiger partial charge on any atom is -0.335 e. The van der Waals surface area contributed by atoms with E-state index in [0.717, 1.165) is 17.5 Å². The molecule has 0 aliphatic carbocycles. The number of aromatic nitrogens is 3. The Balaban J connectivity index is 1.69. The number of rotatable bonds is 5. The van der Waals surface area contributed by atoms with Gasteiger partial charge in [-0.05, 0) is 49.7 Å². The van der Waals surface area contributed by atoms with Crippen LogP contribution >= 0.6 is 0 Å². The van der Waals surface area contributed by atoms with Crippen molar-refractivity contribution in [3.63, 3.8) is 0 Å². The van der Waals surface area contributed by atoms with Crippen molar-refractivity contribution in [3.8, 4) is 22.8 Å². The van der Waals surface area contributed by atoms with Crippen molar-refractivity contribution < 1.29 is 9.32 Å². The van der Waals surface area contributed by atoms with Crippen molar-refractivity contribution in [2.45, 2.75) is 26.3 Å². The number of nitrogens with one attached hydrogen (secondary N) is 2. The summed E-state index contributed by atoms with van der Waals surface area (Å²) in [5.41, 5.74) is 2.31. The predicted molar refractivity (Wildman–Crippen MR) is 94.9 cm³/mol. The lowest BCUT2D eigenvalue weighted by Crippen LogP contribution is -2.35. The molecule has 3 aromatic rings. The maximum absolute atomic E-state index is 11.8. The van der Waals surface area contributed by atoms with Crippen LogP contribution in [0.2, 0.25) is 0 Å². The predicted octanol–water partition coefficient (Wildman–Crippen LogP) is 3.72. The van der Waals surface area contributed by atoms with Crippen molar-refractivity contribution in [1.82, 2.24) is 20.4 Å². The van der Waals surface area contributed by atoms with Crippen molar-refractivity contribution in [2.75, 3.05) is 5.32 Å². The van der Waals surface area contributed by atoms with Crippen LogP contribution in [0.3, 0.4) is 0 Å². The summed E-state index contributed by atoms with van der Waals surface area (Å²) in [5.74, 6) is 0.926. The second kappa shape index (κ2) is 7.57. The summed E-state index contributed by atoms with van der Waals surface area (Å²) in [6.45, 7) is 3.98. The highest BCUT2D eigenvalue weighted by Gasteiger charge is 2.11. The highest BCUT2D eigenvalue weighted by molar-refractivity contribution is 5.89. The lowest BCUT2D eigenvalue weighted by Gasteiger charge is -2.12. The second-order valence-electron chi connectivity index (χ2n) is 5.64. The minimum absolute atomic E-state index is 0.130. The summed E-state index contributed by atoms with van der Waals surface area (Å²) in [6, 6.07) is 10.8. The fraction of sp³-hybridized carbons (Fsp3) is 0.222. The number of carbonyl (C=O) groups is 1. The van der Waals surface area contributed by atoms with Gasteiger partial charge < -0.3 is 15.2 Å². The van der Waals surface area contributed by atoms with Gasteiger partial charge in [-0.25, -0.2) is 4.79 Å². The van der Waals surface area contributed by atoms with Crippen LogP contribution in [0.4, 0.5) is 10.5 Å². The Bertz CT molecular complexity index is 830. The molecule has 0 aliphatic rings. The largest absolute Gasteiger partial charge is 0.335 e. The molecule has 7 nitrogen and oxygen atoms in total. The van der Waals surface area contributed by atoms with Crippen molar-refractivity contribution in [3.05, 3.63) is 48.8 Å². The van der Waals surface area contributed by atoms with Gasteiger partial charge in [-0.15, -0.1) is 0 Å². The summed E-state index contributed by atoms with van der Waals surface area (Å²) in [5, 5.41) is 9.64. The topological polar surface area (TPSA) is 92.9 Å².